The van der Waals surface area contributed by atoms with Crippen LogP contribution in [0.4, 0.5) is 0 Å². The van der Waals surface area contributed by atoms with E-state index >= 15 is 0 Å². The predicted molar refractivity (Wildman–Crippen MR) is 116 cm³/mol. The van der Waals surface area contributed by atoms with Crippen molar-refractivity contribution in [2.45, 2.75) is 39.7 Å². The molecule has 1 atom stereocenters. The highest BCUT2D eigenvalue weighted by Gasteiger charge is 2.22. The molecule has 0 bridgehead atoms. The molecular formula is C25H27NO3. The van der Waals surface area contributed by atoms with Crippen molar-refractivity contribution in [3.05, 3.63) is 65.7 Å². The Balaban J connectivity index is 1.48. The van der Waals surface area contributed by atoms with Crippen molar-refractivity contribution >= 4 is 16.7 Å². The number of carbonyl (C=O) groups is 1. The fourth-order valence-electron chi connectivity index (χ4n) is 3.42. The molecule has 0 heterocycles. The molecule has 1 fully saturated rings. The van der Waals surface area contributed by atoms with Gasteiger partial charge in [-0.3, -0.25) is 4.79 Å². The fourth-order valence-corrected chi connectivity index (χ4v) is 3.42. The van der Waals surface area contributed by atoms with Crippen molar-refractivity contribution < 1.29 is 14.3 Å². The number of ether oxygens (including phenoxy) is 2. The van der Waals surface area contributed by atoms with E-state index in [9.17, 15) is 4.79 Å². The third-order valence-electron chi connectivity index (χ3n) is 5.31. The topological polar surface area (TPSA) is 47.6 Å². The molecule has 150 valence electrons. The third kappa shape index (κ3) is 4.89. The first kappa shape index (κ1) is 19.3. The van der Waals surface area contributed by atoms with Gasteiger partial charge in [-0.15, -0.1) is 0 Å². The van der Waals surface area contributed by atoms with Crippen LogP contribution in [0.3, 0.4) is 0 Å². The molecule has 4 rings (SSSR count). The number of carbonyl (C=O) groups excluding carboxylic acids is 1. The highest BCUT2D eigenvalue weighted by molar-refractivity contribution is 5.85. The van der Waals surface area contributed by atoms with E-state index in [4.69, 9.17) is 9.47 Å². The summed E-state index contributed by atoms with van der Waals surface area (Å²) < 4.78 is 12.0. The zero-order valence-electron chi connectivity index (χ0n) is 17.2. The Labute approximate surface area is 171 Å². The van der Waals surface area contributed by atoms with Crippen LogP contribution in [0, 0.1) is 12.8 Å². The van der Waals surface area contributed by atoms with Crippen LogP contribution in [0.25, 0.3) is 10.8 Å². The summed E-state index contributed by atoms with van der Waals surface area (Å²) in [6, 6.07) is 18.3. The molecule has 0 saturated heterocycles. The summed E-state index contributed by atoms with van der Waals surface area (Å²) in [5.41, 5.74) is 2.14. The molecule has 3 aromatic carbocycles. The molecule has 1 N–H and O–H groups in total. The lowest BCUT2D eigenvalue weighted by Crippen LogP contribution is -2.23. The summed E-state index contributed by atoms with van der Waals surface area (Å²) in [6.45, 7) is 6.37. The Bertz CT molecular complexity index is 1040. The molecule has 1 amide bonds. The SMILES string of the molecule is CC(=O)NC(C)c1ccc2cc(Oc3ccc(OCC4CC4)cc3C)ccc2c1. The first-order valence-corrected chi connectivity index (χ1v) is 10.2. The van der Waals surface area contributed by atoms with Gasteiger partial charge in [-0.05, 0) is 90.9 Å². The van der Waals surface area contributed by atoms with Crippen LogP contribution in [0.1, 0.15) is 43.9 Å². The molecule has 1 aliphatic carbocycles. The van der Waals surface area contributed by atoms with E-state index in [-0.39, 0.29) is 11.9 Å². The molecule has 1 aliphatic rings. The lowest BCUT2D eigenvalue weighted by Gasteiger charge is -2.14. The second-order valence-corrected chi connectivity index (χ2v) is 7.97. The maximum absolute atomic E-state index is 11.3. The van der Waals surface area contributed by atoms with Crippen LogP contribution >= 0.6 is 0 Å². The maximum atomic E-state index is 11.3. The number of aryl methyl sites for hydroxylation is 1. The molecular weight excluding hydrogens is 362 g/mol. The van der Waals surface area contributed by atoms with Gasteiger partial charge < -0.3 is 14.8 Å². The first-order valence-electron chi connectivity index (χ1n) is 10.2. The Kier molecular flexibility index (Phi) is 5.43. The number of fused-ring (bicyclic) bond motifs is 1. The summed E-state index contributed by atoms with van der Waals surface area (Å²) in [4.78, 5) is 11.3. The van der Waals surface area contributed by atoms with E-state index < -0.39 is 0 Å². The summed E-state index contributed by atoms with van der Waals surface area (Å²) in [5, 5.41) is 5.14. The smallest absolute Gasteiger partial charge is 0.217 e. The minimum absolute atomic E-state index is 0.0175. The number of rotatable bonds is 7. The van der Waals surface area contributed by atoms with E-state index in [1.807, 2.05) is 50.2 Å². The van der Waals surface area contributed by atoms with Crippen LogP contribution in [-0.2, 0) is 4.79 Å². The quantitative estimate of drug-likeness (QED) is 0.545. The third-order valence-corrected chi connectivity index (χ3v) is 5.31. The zero-order valence-corrected chi connectivity index (χ0v) is 17.2. The number of nitrogens with one attached hydrogen (secondary N) is 1. The highest BCUT2D eigenvalue weighted by Crippen LogP contribution is 2.33. The largest absolute Gasteiger partial charge is 0.493 e. The highest BCUT2D eigenvalue weighted by atomic mass is 16.5. The number of amides is 1. The minimum Gasteiger partial charge on any atom is -0.493 e. The van der Waals surface area contributed by atoms with Gasteiger partial charge in [0.2, 0.25) is 5.91 Å². The van der Waals surface area contributed by atoms with Gasteiger partial charge in [-0.25, -0.2) is 0 Å². The summed E-state index contributed by atoms with van der Waals surface area (Å²) >= 11 is 0. The molecule has 4 nitrogen and oxygen atoms in total. The standard InChI is InChI=1S/C25H27NO3/c1-16-12-23(28-15-19-4-5-19)10-11-25(16)29-24-9-8-21-13-20(6-7-22(21)14-24)17(2)26-18(3)27/h6-14,17,19H,4-5,15H2,1-3H3,(H,26,27). The second-order valence-electron chi connectivity index (χ2n) is 7.97. The Hall–Kier alpha value is -3.01. The van der Waals surface area contributed by atoms with Gasteiger partial charge in [0.05, 0.1) is 12.6 Å². The molecule has 29 heavy (non-hydrogen) atoms. The van der Waals surface area contributed by atoms with Crippen molar-refractivity contribution in [3.63, 3.8) is 0 Å². The average Bonchev–Trinajstić information content (AvgIpc) is 3.52. The van der Waals surface area contributed by atoms with Gasteiger partial charge in [-0.1, -0.05) is 18.2 Å². The number of hydrogen-bond acceptors (Lipinski definition) is 3. The lowest BCUT2D eigenvalue weighted by atomic mass is 10.0. The minimum atomic E-state index is -0.0272. The van der Waals surface area contributed by atoms with Crippen molar-refractivity contribution in [1.29, 1.82) is 0 Å². The van der Waals surface area contributed by atoms with Crippen LogP contribution in [0.2, 0.25) is 0 Å². The Morgan fingerprint density at radius 2 is 1.76 bits per heavy atom. The van der Waals surface area contributed by atoms with E-state index in [0.717, 1.165) is 51.7 Å². The van der Waals surface area contributed by atoms with Crippen molar-refractivity contribution in [3.8, 4) is 17.2 Å². The molecule has 0 aromatic heterocycles. The Morgan fingerprint density at radius 1 is 1.03 bits per heavy atom. The van der Waals surface area contributed by atoms with Gasteiger partial charge in [0, 0.05) is 6.92 Å². The maximum Gasteiger partial charge on any atom is 0.217 e. The van der Waals surface area contributed by atoms with Gasteiger partial charge in [0.15, 0.2) is 0 Å². The van der Waals surface area contributed by atoms with Crippen LogP contribution in [0.5, 0.6) is 17.2 Å². The molecule has 3 aromatic rings. The van der Waals surface area contributed by atoms with Gasteiger partial charge >= 0.3 is 0 Å². The second kappa shape index (κ2) is 8.16. The average molecular weight is 389 g/mol. The van der Waals surface area contributed by atoms with Crippen LogP contribution in [-0.4, -0.2) is 12.5 Å². The normalized spacial score (nSPS) is 14.4. The van der Waals surface area contributed by atoms with Crippen molar-refractivity contribution in [2.75, 3.05) is 6.61 Å². The van der Waals surface area contributed by atoms with E-state index in [1.165, 1.54) is 19.8 Å². The van der Waals surface area contributed by atoms with Gasteiger partial charge in [-0.2, -0.15) is 0 Å². The van der Waals surface area contributed by atoms with Crippen molar-refractivity contribution in [2.24, 2.45) is 5.92 Å². The molecule has 0 radical (unpaired) electrons. The van der Waals surface area contributed by atoms with E-state index in [1.54, 1.807) is 0 Å². The van der Waals surface area contributed by atoms with Gasteiger partial charge in [0.1, 0.15) is 17.2 Å². The predicted octanol–water partition coefficient (Wildman–Crippen LogP) is 5.93. The van der Waals surface area contributed by atoms with Crippen molar-refractivity contribution in [1.82, 2.24) is 5.32 Å². The lowest BCUT2D eigenvalue weighted by molar-refractivity contribution is -0.119. The fraction of sp³-hybridized carbons (Fsp3) is 0.320. The summed E-state index contributed by atoms with van der Waals surface area (Å²) in [7, 11) is 0. The van der Waals surface area contributed by atoms with Gasteiger partial charge in [0.25, 0.3) is 0 Å². The Morgan fingerprint density at radius 3 is 2.48 bits per heavy atom. The molecule has 4 heteroatoms. The summed E-state index contributed by atoms with van der Waals surface area (Å²) in [6.07, 6.45) is 2.57. The van der Waals surface area contributed by atoms with Crippen LogP contribution < -0.4 is 14.8 Å². The number of hydrogen-bond donors (Lipinski definition) is 1. The van der Waals surface area contributed by atoms with E-state index in [0.29, 0.717) is 0 Å². The molecule has 1 saturated carbocycles. The van der Waals surface area contributed by atoms with E-state index in [2.05, 4.69) is 23.5 Å². The summed E-state index contributed by atoms with van der Waals surface area (Å²) in [5.74, 6) is 3.25. The van der Waals surface area contributed by atoms with Crippen LogP contribution in [0.15, 0.2) is 54.6 Å². The number of benzene rings is 3. The zero-order chi connectivity index (χ0) is 20.4. The monoisotopic (exact) mass is 389 g/mol. The molecule has 1 unspecified atom stereocenters. The molecule has 0 spiro atoms. The molecule has 0 aliphatic heterocycles. The first-order chi connectivity index (χ1) is 14.0.